The molecule has 0 saturated heterocycles. The molecule has 0 aliphatic rings. The number of carbonyl (C=O) groups excluding carboxylic acids is 2. The first kappa shape index (κ1) is 20.1. The van der Waals surface area contributed by atoms with E-state index < -0.39 is 0 Å². The largest absolute Gasteiger partial charge is 0.494 e. The fourth-order valence-corrected chi connectivity index (χ4v) is 2.76. The van der Waals surface area contributed by atoms with Gasteiger partial charge in [-0.05, 0) is 49.4 Å². The lowest BCUT2D eigenvalue weighted by molar-refractivity contribution is -0.116. The molecule has 2 aromatic carbocycles. The maximum atomic E-state index is 12.2. The average molecular weight is 393 g/mol. The Balaban J connectivity index is 1.54. The molecule has 1 aromatic heterocycles. The minimum Gasteiger partial charge on any atom is -0.494 e. The number of benzene rings is 2. The Morgan fingerprint density at radius 1 is 1.07 bits per heavy atom. The lowest BCUT2D eigenvalue weighted by Gasteiger charge is -2.07. The zero-order valence-electron chi connectivity index (χ0n) is 16.4. The third kappa shape index (κ3) is 5.93. The second kappa shape index (κ2) is 9.54. The zero-order valence-corrected chi connectivity index (χ0v) is 16.4. The van der Waals surface area contributed by atoms with Crippen LogP contribution in [-0.4, -0.2) is 23.4 Å². The molecule has 3 aromatic rings. The van der Waals surface area contributed by atoms with Gasteiger partial charge in [0.2, 0.25) is 11.8 Å². The Morgan fingerprint density at radius 3 is 2.48 bits per heavy atom. The van der Waals surface area contributed by atoms with Crippen molar-refractivity contribution in [3.05, 3.63) is 60.6 Å². The van der Waals surface area contributed by atoms with Crippen LogP contribution in [0.15, 0.2) is 59.1 Å². The summed E-state index contributed by atoms with van der Waals surface area (Å²) < 4.78 is 11.2. The normalized spacial score (nSPS) is 10.4. The molecular weight excluding hydrogens is 370 g/mol. The van der Waals surface area contributed by atoms with Crippen molar-refractivity contribution in [3.63, 3.8) is 0 Å². The van der Waals surface area contributed by atoms with Crippen LogP contribution in [0.2, 0.25) is 0 Å². The van der Waals surface area contributed by atoms with Crippen molar-refractivity contribution in [3.8, 4) is 17.1 Å². The molecule has 7 heteroatoms. The van der Waals surface area contributed by atoms with Crippen LogP contribution in [0, 0.1) is 0 Å². The summed E-state index contributed by atoms with van der Waals surface area (Å²) in [6.45, 7) is 3.99. The number of ether oxygens (including phenoxy) is 1. The third-order valence-corrected chi connectivity index (χ3v) is 4.04. The Labute approximate surface area is 169 Å². The van der Waals surface area contributed by atoms with Crippen LogP contribution in [0.4, 0.5) is 11.4 Å². The number of aromatic nitrogens is 1. The van der Waals surface area contributed by atoms with Gasteiger partial charge in [0.05, 0.1) is 12.8 Å². The van der Waals surface area contributed by atoms with Gasteiger partial charge in [0.25, 0.3) is 0 Å². The fourth-order valence-electron chi connectivity index (χ4n) is 2.76. The van der Waals surface area contributed by atoms with Crippen LogP contribution >= 0.6 is 0 Å². The summed E-state index contributed by atoms with van der Waals surface area (Å²) in [5, 5.41) is 5.49. The predicted molar refractivity (Wildman–Crippen MR) is 111 cm³/mol. The van der Waals surface area contributed by atoms with Crippen LogP contribution in [-0.2, 0) is 16.0 Å². The first-order chi connectivity index (χ1) is 14.0. The summed E-state index contributed by atoms with van der Waals surface area (Å²) in [4.78, 5) is 27.6. The molecule has 2 amide bonds. The summed E-state index contributed by atoms with van der Waals surface area (Å²) >= 11 is 0. The van der Waals surface area contributed by atoms with Crippen molar-refractivity contribution in [2.45, 2.75) is 26.7 Å². The molecule has 0 spiro atoms. The molecule has 2 N–H and O–H groups in total. The van der Waals surface area contributed by atoms with Crippen LogP contribution < -0.4 is 15.4 Å². The minimum absolute atomic E-state index is 0.161. The number of aryl methyl sites for hydroxylation is 1. The third-order valence-electron chi connectivity index (χ3n) is 4.04. The molecule has 150 valence electrons. The molecule has 0 bridgehead atoms. The number of amides is 2. The SMILES string of the molecule is CCOc1ccc(-c2cnc(CCC(=O)Nc3cccc(NC(C)=O)c3)o2)cc1. The van der Waals surface area contributed by atoms with E-state index in [9.17, 15) is 9.59 Å². The quantitative estimate of drug-likeness (QED) is 0.596. The lowest BCUT2D eigenvalue weighted by atomic mass is 10.2. The highest BCUT2D eigenvalue weighted by molar-refractivity contribution is 5.93. The zero-order chi connectivity index (χ0) is 20.6. The summed E-state index contributed by atoms with van der Waals surface area (Å²) in [6.07, 6.45) is 2.27. The smallest absolute Gasteiger partial charge is 0.224 e. The van der Waals surface area contributed by atoms with E-state index in [2.05, 4.69) is 15.6 Å². The molecular formula is C22H23N3O4. The molecule has 3 rings (SSSR count). The van der Waals surface area contributed by atoms with Crippen LogP contribution in [0.3, 0.4) is 0 Å². The summed E-state index contributed by atoms with van der Waals surface area (Å²) in [7, 11) is 0. The number of oxazole rings is 1. The molecule has 0 radical (unpaired) electrons. The van der Waals surface area contributed by atoms with E-state index in [1.165, 1.54) is 6.92 Å². The Kier molecular flexibility index (Phi) is 6.63. The van der Waals surface area contributed by atoms with E-state index in [1.54, 1.807) is 30.5 Å². The van der Waals surface area contributed by atoms with E-state index in [-0.39, 0.29) is 18.2 Å². The van der Waals surface area contributed by atoms with E-state index in [0.29, 0.717) is 36.1 Å². The molecule has 0 aliphatic heterocycles. The van der Waals surface area contributed by atoms with Crippen molar-refractivity contribution in [1.29, 1.82) is 0 Å². The van der Waals surface area contributed by atoms with Crippen LogP contribution in [0.1, 0.15) is 26.2 Å². The van der Waals surface area contributed by atoms with Crippen LogP contribution in [0.25, 0.3) is 11.3 Å². The monoisotopic (exact) mass is 393 g/mol. The summed E-state index contributed by atoms with van der Waals surface area (Å²) in [5.74, 6) is 1.62. The topological polar surface area (TPSA) is 93.5 Å². The summed E-state index contributed by atoms with van der Waals surface area (Å²) in [6, 6.07) is 14.6. The maximum Gasteiger partial charge on any atom is 0.224 e. The second-order valence-electron chi connectivity index (χ2n) is 6.39. The van der Waals surface area contributed by atoms with E-state index in [1.807, 2.05) is 31.2 Å². The van der Waals surface area contributed by atoms with Crippen molar-refractivity contribution in [2.75, 3.05) is 17.2 Å². The van der Waals surface area contributed by atoms with Gasteiger partial charge in [0.1, 0.15) is 5.75 Å². The molecule has 0 fully saturated rings. The van der Waals surface area contributed by atoms with Gasteiger partial charge in [-0.2, -0.15) is 0 Å². The van der Waals surface area contributed by atoms with Crippen molar-refractivity contribution in [1.82, 2.24) is 4.98 Å². The molecule has 1 heterocycles. The number of nitrogens with one attached hydrogen (secondary N) is 2. The van der Waals surface area contributed by atoms with Gasteiger partial charge in [-0.3, -0.25) is 9.59 Å². The summed E-state index contributed by atoms with van der Waals surface area (Å²) in [5.41, 5.74) is 2.14. The Morgan fingerprint density at radius 2 is 1.79 bits per heavy atom. The number of hydrogen-bond donors (Lipinski definition) is 2. The highest BCUT2D eigenvalue weighted by atomic mass is 16.5. The second-order valence-corrected chi connectivity index (χ2v) is 6.39. The van der Waals surface area contributed by atoms with Crippen molar-refractivity contribution >= 4 is 23.2 Å². The fraction of sp³-hybridized carbons (Fsp3) is 0.227. The Bertz CT molecular complexity index is 980. The van der Waals surface area contributed by atoms with Gasteiger partial charge in [0.15, 0.2) is 11.7 Å². The van der Waals surface area contributed by atoms with Gasteiger partial charge in [-0.15, -0.1) is 0 Å². The number of nitrogens with zero attached hydrogens (tertiary/aromatic N) is 1. The maximum absolute atomic E-state index is 12.2. The van der Waals surface area contributed by atoms with Gasteiger partial charge in [0, 0.05) is 36.7 Å². The highest BCUT2D eigenvalue weighted by Crippen LogP contribution is 2.24. The van der Waals surface area contributed by atoms with Crippen molar-refractivity contribution < 1.29 is 18.7 Å². The number of rotatable bonds is 8. The predicted octanol–water partition coefficient (Wildman–Crippen LogP) is 4.27. The van der Waals surface area contributed by atoms with Gasteiger partial charge < -0.3 is 19.8 Å². The molecule has 0 unspecified atom stereocenters. The Hall–Kier alpha value is -3.61. The number of anilines is 2. The number of hydrogen-bond acceptors (Lipinski definition) is 5. The first-order valence-corrected chi connectivity index (χ1v) is 9.39. The first-order valence-electron chi connectivity index (χ1n) is 9.39. The van der Waals surface area contributed by atoms with E-state index in [0.717, 1.165) is 11.3 Å². The lowest BCUT2D eigenvalue weighted by Crippen LogP contribution is -2.13. The molecule has 7 nitrogen and oxygen atoms in total. The average Bonchev–Trinajstić information content (AvgIpc) is 3.16. The molecule has 29 heavy (non-hydrogen) atoms. The highest BCUT2D eigenvalue weighted by Gasteiger charge is 2.10. The van der Waals surface area contributed by atoms with Gasteiger partial charge in [-0.1, -0.05) is 6.07 Å². The number of carbonyl (C=O) groups is 2. The minimum atomic E-state index is -0.166. The molecule has 0 aliphatic carbocycles. The van der Waals surface area contributed by atoms with E-state index >= 15 is 0 Å². The van der Waals surface area contributed by atoms with Gasteiger partial charge in [-0.25, -0.2) is 4.98 Å². The van der Waals surface area contributed by atoms with Crippen molar-refractivity contribution in [2.24, 2.45) is 0 Å². The molecule has 0 atom stereocenters. The standard InChI is InChI=1S/C22H23N3O4/c1-3-28-19-9-7-16(8-10-19)20-14-23-22(29-20)12-11-21(27)25-18-6-4-5-17(13-18)24-15(2)26/h4-10,13-14H,3,11-12H2,1-2H3,(H,24,26)(H,25,27). The van der Waals surface area contributed by atoms with Gasteiger partial charge >= 0.3 is 0 Å². The van der Waals surface area contributed by atoms with E-state index in [4.69, 9.17) is 9.15 Å². The van der Waals surface area contributed by atoms with Crippen LogP contribution in [0.5, 0.6) is 5.75 Å². The molecule has 0 saturated carbocycles.